The Morgan fingerprint density at radius 1 is 1.38 bits per heavy atom. The molecule has 0 aliphatic carbocycles. The summed E-state index contributed by atoms with van der Waals surface area (Å²) in [5.74, 6) is -0.502. The predicted molar refractivity (Wildman–Crippen MR) is 79.2 cm³/mol. The first kappa shape index (κ1) is 16.5. The largest absolute Gasteiger partial charge is 0.416 e. The van der Waals surface area contributed by atoms with Crippen LogP contribution in [-0.2, 0) is 6.18 Å². The van der Waals surface area contributed by atoms with Crippen molar-refractivity contribution in [3.8, 4) is 0 Å². The molecule has 2 atom stereocenters. The van der Waals surface area contributed by atoms with E-state index < -0.39 is 29.8 Å². The second kappa shape index (κ2) is 5.94. The molecule has 1 aromatic carbocycles. The van der Waals surface area contributed by atoms with Gasteiger partial charge in [0.05, 0.1) is 17.7 Å². The summed E-state index contributed by atoms with van der Waals surface area (Å²) in [5.41, 5.74) is -0.0105. The van der Waals surface area contributed by atoms with E-state index in [1.807, 2.05) is 0 Å². The second-order valence-electron chi connectivity index (χ2n) is 5.88. The van der Waals surface area contributed by atoms with Gasteiger partial charge in [0, 0.05) is 12.2 Å². The van der Waals surface area contributed by atoms with E-state index in [9.17, 15) is 23.1 Å². The number of aryl methyl sites for hydroxylation is 1. The lowest BCUT2D eigenvalue weighted by atomic mass is 9.97. The molecule has 0 spiro atoms. The standard InChI is InChI=1S/C16H16F3N3O2/c1-9-6-13(21-20-9)15(24)22-8-10(23)7-14(22)11-4-2-3-5-12(11)16(17,18)19/h2-6,10,14,23H,7-8H2,1H3,(H,20,21)/t10-,14+/m0/s1. The van der Waals surface area contributed by atoms with Gasteiger partial charge < -0.3 is 10.0 Å². The van der Waals surface area contributed by atoms with Crippen LogP contribution in [0.1, 0.15) is 39.8 Å². The topological polar surface area (TPSA) is 69.2 Å². The second-order valence-corrected chi connectivity index (χ2v) is 5.88. The fourth-order valence-corrected chi connectivity index (χ4v) is 3.05. The van der Waals surface area contributed by atoms with Crippen LogP contribution in [0.25, 0.3) is 0 Å². The van der Waals surface area contributed by atoms with Gasteiger partial charge in [0.1, 0.15) is 5.69 Å². The van der Waals surface area contributed by atoms with E-state index in [4.69, 9.17) is 0 Å². The van der Waals surface area contributed by atoms with Gasteiger partial charge >= 0.3 is 6.18 Å². The number of carbonyl (C=O) groups excluding carboxylic acids is 1. The summed E-state index contributed by atoms with van der Waals surface area (Å²) >= 11 is 0. The normalized spacial score (nSPS) is 21.3. The van der Waals surface area contributed by atoms with E-state index in [2.05, 4.69) is 10.2 Å². The van der Waals surface area contributed by atoms with Crippen LogP contribution in [0.5, 0.6) is 0 Å². The summed E-state index contributed by atoms with van der Waals surface area (Å²) in [4.78, 5) is 13.9. The number of amides is 1. The Morgan fingerprint density at radius 3 is 2.71 bits per heavy atom. The van der Waals surface area contributed by atoms with Crippen LogP contribution in [0.4, 0.5) is 13.2 Å². The number of nitrogens with zero attached hydrogens (tertiary/aromatic N) is 2. The van der Waals surface area contributed by atoms with Crippen molar-refractivity contribution in [1.29, 1.82) is 0 Å². The molecule has 1 fully saturated rings. The minimum Gasteiger partial charge on any atom is -0.391 e. The minimum absolute atomic E-state index is 0.0119. The van der Waals surface area contributed by atoms with E-state index in [0.717, 1.165) is 6.07 Å². The number of aliphatic hydroxyl groups excluding tert-OH is 1. The molecule has 0 unspecified atom stereocenters. The van der Waals surface area contributed by atoms with Gasteiger partial charge in [0.2, 0.25) is 0 Å². The molecule has 1 aromatic heterocycles. The third-order valence-electron chi connectivity index (χ3n) is 4.09. The van der Waals surface area contributed by atoms with Gasteiger partial charge in [0.25, 0.3) is 5.91 Å². The number of rotatable bonds is 2. The number of likely N-dealkylation sites (tertiary alicyclic amines) is 1. The summed E-state index contributed by atoms with van der Waals surface area (Å²) in [6.07, 6.45) is -5.34. The summed E-state index contributed by atoms with van der Waals surface area (Å²) in [7, 11) is 0. The van der Waals surface area contributed by atoms with Gasteiger partial charge in [-0.1, -0.05) is 18.2 Å². The van der Waals surface area contributed by atoms with Gasteiger partial charge in [-0.05, 0) is 31.0 Å². The Hall–Kier alpha value is -2.35. The molecule has 2 N–H and O–H groups in total. The lowest BCUT2D eigenvalue weighted by molar-refractivity contribution is -0.138. The minimum atomic E-state index is -4.53. The third-order valence-corrected chi connectivity index (χ3v) is 4.09. The van der Waals surface area contributed by atoms with Crippen LogP contribution in [0, 0.1) is 6.92 Å². The van der Waals surface area contributed by atoms with Crippen molar-refractivity contribution in [1.82, 2.24) is 15.1 Å². The van der Waals surface area contributed by atoms with Crippen molar-refractivity contribution in [3.05, 3.63) is 52.8 Å². The number of aliphatic hydroxyl groups is 1. The van der Waals surface area contributed by atoms with E-state index in [0.29, 0.717) is 5.69 Å². The molecule has 8 heteroatoms. The van der Waals surface area contributed by atoms with Crippen molar-refractivity contribution < 1.29 is 23.1 Å². The molecule has 0 bridgehead atoms. The van der Waals surface area contributed by atoms with Crippen molar-refractivity contribution in [2.45, 2.75) is 31.7 Å². The molecule has 2 heterocycles. The number of nitrogens with one attached hydrogen (secondary N) is 1. The lowest BCUT2D eigenvalue weighted by Crippen LogP contribution is -2.33. The molecule has 24 heavy (non-hydrogen) atoms. The first-order valence-electron chi connectivity index (χ1n) is 7.44. The number of hydrogen-bond acceptors (Lipinski definition) is 3. The third kappa shape index (κ3) is 3.01. The molecule has 1 aliphatic heterocycles. The SMILES string of the molecule is Cc1cc(C(=O)N2C[C@@H](O)C[C@@H]2c2ccccc2C(F)(F)F)n[nH]1. The molecule has 128 valence electrons. The van der Waals surface area contributed by atoms with Gasteiger partial charge in [-0.2, -0.15) is 18.3 Å². The van der Waals surface area contributed by atoms with E-state index in [-0.39, 0.29) is 24.2 Å². The Bertz CT molecular complexity index is 757. The number of aromatic amines is 1. The quantitative estimate of drug-likeness (QED) is 0.884. The van der Waals surface area contributed by atoms with Crippen LogP contribution >= 0.6 is 0 Å². The molecule has 0 saturated carbocycles. The summed E-state index contributed by atoms with van der Waals surface area (Å²) in [5, 5.41) is 16.4. The van der Waals surface area contributed by atoms with E-state index in [1.54, 1.807) is 6.92 Å². The Balaban J connectivity index is 1.99. The number of H-pyrrole nitrogens is 1. The number of halogens is 3. The van der Waals surface area contributed by atoms with E-state index >= 15 is 0 Å². The molecule has 3 rings (SSSR count). The van der Waals surface area contributed by atoms with Gasteiger partial charge in [-0.25, -0.2) is 0 Å². The van der Waals surface area contributed by atoms with Crippen molar-refractivity contribution in [3.63, 3.8) is 0 Å². The molecule has 1 aliphatic rings. The number of carbonyl (C=O) groups is 1. The van der Waals surface area contributed by atoms with Crippen LogP contribution in [-0.4, -0.2) is 38.8 Å². The first-order valence-corrected chi connectivity index (χ1v) is 7.44. The molecule has 1 amide bonds. The predicted octanol–water partition coefficient (Wildman–Crippen LogP) is 2.69. The molecule has 0 radical (unpaired) electrons. The van der Waals surface area contributed by atoms with Crippen LogP contribution in [0.15, 0.2) is 30.3 Å². The Labute approximate surface area is 136 Å². The highest BCUT2D eigenvalue weighted by Gasteiger charge is 2.41. The highest BCUT2D eigenvalue weighted by Crippen LogP contribution is 2.40. The average Bonchev–Trinajstić information content (AvgIpc) is 3.12. The summed E-state index contributed by atoms with van der Waals surface area (Å²) in [6, 6.07) is 5.82. The monoisotopic (exact) mass is 339 g/mol. The number of β-amino-alcohol motifs (C(OH)–C–C–N with tert-alkyl or cyclic N) is 1. The fourth-order valence-electron chi connectivity index (χ4n) is 3.05. The zero-order valence-electron chi connectivity index (χ0n) is 12.8. The first-order chi connectivity index (χ1) is 11.3. The fraction of sp³-hybridized carbons (Fsp3) is 0.375. The Morgan fingerprint density at radius 2 is 2.08 bits per heavy atom. The van der Waals surface area contributed by atoms with Crippen molar-refractivity contribution in [2.24, 2.45) is 0 Å². The van der Waals surface area contributed by atoms with Crippen molar-refractivity contribution in [2.75, 3.05) is 6.54 Å². The zero-order valence-corrected chi connectivity index (χ0v) is 12.8. The summed E-state index contributed by atoms with van der Waals surface area (Å²) < 4.78 is 39.8. The number of benzene rings is 1. The van der Waals surface area contributed by atoms with Gasteiger partial charge in [-0.15, -0.1) is 0 Å². The number of hydrogen-bond donors (Lipinski definition) is 2. The highest BCUT2D eigenvalue weighted by molar-refractivity contribution is 5.93. The molecule has 5 nitrogen and oxygen atoms in total. The van der Waals surface area contributed by atoms with Gasteiger partial charge in [-0.3, -0.25) is 9.89 Å². The number of aromatic nitrogens is 2. The summed E-state index contributed by atoms with van der Waals surface area (Å²) in [6.45, 7) is 1.70. The molecule has 2 aromatic rings. The zero-order chi connectivity index (χ0) is 17.5. The van der Waals surface area contributed by atoms with Gasteiger partial charge in [0.15, 0.2) is 0 Å². The lowest BCUT2D eigenvalue weighted by Gasteiger charge is -2.26. The van der Waals surface area contributed by atoms with Crippen LogP contribution < -0.4 is 0 Å². The molecule has 1 saturated heterocycles. The maximum Gasteiger partial charge on any atom is 0.416 e. The molecular weight excluding hydrogens is 323 g/mol. The smallest absolute Gasteiger partial charge is 0.391 e. The highest BCUT2D eigenvalue weighted by atomic mass is 19.4. The maximum atomic E-state index is 13.3. The number of alkyl halides is 3. The van der Waals surface area contributed by atoms with Crippen LogP contribution in [0.3, 0.4) is 0 Å². The maximum absolute atomic E-state index is 13.3. The van der Waals surface area contributed by atoms with E-state index in [1.165, 1.54) is 29.2 Å². The van der Waals surface area contributed by atoms with Crippen LogP contribution in [0.2, 0.25) is 0 Å². The average molecular weight is 339 g/mol. The molecular formula is C16H16F3N3O2. The van der Waals surface area contributed by atoms with Crippen molar-refractivity contribution >= 4 is 5.91 Å². The Kier molecular flexibility index (Phi) is 4.08.